The van der Waals surface area contributed by atoms with Gasteiger partial charge in [-0.05, 0) is 25.3 Å². The number of halogens is 1. The van der Waals surface area contributed by atoms with Crippen molar-refractivity contribution in [3.63, 3.8) is 0 Å². The van der Waals surface area contributed by atoms with E-state index >= 15 is 0 Å². The maximum Gasteiger partial charge on any atom is 0.147 e. The summed E-state index contributed by atoms with van der Waals surface area (Å²) in [6, 6.07) is 1.65. The van der Waals surface area contributed by atoms with Crippen molar-refractivity contribution >= 4 is 23.3 Å². The summed E-state index contributed by atoms with van der Waals surface area (Å²) in [5.74, 6) is 0.597. The van der Waals surface area contributed by atoms with E-state index in [-0.39, 0.29) is 11.9 Å². The van der Waals surface area contributed by atoms with E-state index < -0.39 is 0 Å². The zero-order valence-corrected chi connectivity index (χ0v) is 11.8. The first-order chi connectivity index (χ1) is 9.09. The van der Waals surface area contributed by atoms with Crippen LogP contribution in [0, 0.1) is 5.41 Å². The monoisotopic (exact) mass is 282 g/mol. The van der Waals surface area contributed by atoms with Crippen LogP contribution in [-0.2, 0) is 4.74 Å². The van der Waals surface area contributed by atoms with Crippen molar-refractivity contribution in [1.82, 2.24) is 4.98 Å². The summed E-state index contributed by atoms with van der Waals surface area (Å²) in [5.41, 5.74) is 6.01. The smallest absolute Gasteiger partial charge is 0.147 e. The Balaban J connectivity index is 2.12. The summed E-state index contributed by atoms with van der Waals surface area (Å²) >= 11 is 6.25. The molecule has 1 aliphatic heterocycles. The van der Waals surface area contributed by atoms with Gasteiger partial charge in [0.15, 0.2) is 0 Å². The molecule has 0 amide bonds. The van der Waals surface area contributed by atoms with Gasteiger partial charge in [0.1, 0.15) is 11.7 Å². The predicted molar refractivity (Wildman–Crippen MR) is 77.1 cm³/mol. The number of nitrogens with two attached hydrogens (primary N) is 1. The van der Waals surface area contributed by atoms with Gasteiger partial charge in [-0.1, -0.05) is 11.6 Å². The Hall–Kier alpha value is -1.33. The first-order valence-corrected chi connectivity index (χ1v) is 6.79. The molecule has 0 saturated carbocycles. The molecule has 19 heavy (non-hydrogen) atoms. The molecular weight excluding hydrogens is 264 g/mol. The zero-order valence-electron chi connectivity index (χ0n) is 11.0. The largest absolute Gasteiger partial charge is 0.384 e. The van der Waals surface area contributed by atoms with E-state index in [1.165, 1.54) is 6.42 Å². The quantitative estimate of drug-likeness (QED) is 0.654. The molecule has 3 N–H and O–H groups in total. The molecule has 2 rings (SSSR count). The molecule has 1 unspecified atom stereocenters. The van der Waals surface area contributed by atoms with Crippen LogP contribution in [0.3, 0.4) is 0 Å². The second-order valence-corrected chi connectivity index (χ2v) is 5.16. The third kappa shape index (κ3) is 3.36. The van der Waals surface area contributed by atoms with Crippen LogP contribution >= 0.6 is 11.6 Å². The molecule has 0 aliphatic carbocycles. The Bertz CT molecular complexity index is 460. The van der Waals surface area contributed by atoms with Gasteiger partial charge in [-0.25, -0.2) is 4.98 Å². The van der Waals surface area contributed by atoms with E-state index in [0.717, 1.165) is 26.0 Å². The third-order valence-electron chi connectivity index (χ3n) is 3.27. The average Bonchev–Trinajstić information content (AvgIpc) is 2.39. The van der Waals surface area contributed by atoms with Crippen LogP contribution < -0.4 is 10.6 Å². The summed E-state index contributed by atoms with van der Waals surface area (Å²) in [5, 5.41) is 7.91. The van der Waals surface area contributed by atoms with Gasteiger partial charge in [-0.15, -0.1) is 0 Å². The highest BCUT2D eigenvalue weighted by molar-refractivity contribution is 6.36. The standard InChI is InChI=1S/C13H19ClN4O/c1-18(8-9-4-2-3-7-19-9)13-11(14)10(12(15)16)5-6-17-13/h5-6,9H,2-4,7-8H2,1H3,(H3,15,16). The van der Waals surface area contributed by atoms with Gasteiger partial charge in [0, 0.05) is 32.0 Å². The number of aromatic nitrogens is 1. The summed E-state index contributed by atoms with van der Waals surface area (Å²) in [6.45, 7) is 1.57. The highest BCUT2D eigenvalue weighted by Crippen LogP contribution is 2.26. The lowest BCUT2D eigenvalue weighted by Crippen LogP contribution is -2.34. The molecule has 0 radical (unpaired) electrons. The van der Waals surface area contributed by atoms with E-state index in [4.69, 9.17) is 27.5 Å². The number of amidine groups is 1. The molecule has 0 bridgehead atoms. The van der Waals surface area contributed by atoms with Crippen LogP contribution in [0.15, 0.2) is 12.3 Å². The highest BCUT2D eigenvalue weighted by atomic mass is 35.5. The van der Waals surface area contributed by atoms with Crippen molar-refractivity contribution in [2.75, 3.05) is 25.1 Å². The number of rotatable bonds is 4. The molecule has 104 valence electrons. The van der Waals surface area contributed by atoms with Crippen molar-refractivity contribution in [2.45, 2.75) is 25.4 Å². The van der Waals surface area contributed by atoms with Gasteiger partial charge < -0.3 is 15.4 Å². The van der Waals surface area contributed by atoms with Crippen LogP contribution in [0.2, 0.25) is 5.02 Å². The van der Waals surface area contributed by atoms with Crippen LogP contribution in [0.5, 0.6) is 0 Å². The Morgan fingerprint density at radius 3 is 3.05 bits per heavy atom. The van der Waals surface area contributed by atoms with E-state index in [1.807, 2.05) is 11.9 Å². The second-order valence-electron chi connectivity index (χ2n) is 4.78. The minimum absolute atomic E-state index is 0.0454. The fourth-order valence-electron chi connectivity index (χ4n) is 2.25. The van der Waals surface area contributed by atoms with E-state index in [0.29, 0.717) is 16.4 Å². The lowest BCUT2D eigenvalue weighted by Gasteiger charge is -2.28. The second kappa shape index (κ2) is 6.21. The summed E-state index contributed by atoms with van der Waals surface area (Å²) in [4.78, 5) is 6.24. The number of hydrogen-bond acceptors (Lipinski definition) is 4. The summed E-state index contributed by atoms with van der Waals surface area (Å²) < 4.78 is 5.71. The molecule has 6 heteroatoms. The fourth-order valence-corrected chi connectivity index (χ4v) is 2.61. The lowest BCUT2D eigenvalue weighted by atomic mass is 10.1. The average molecular weight is 283 g/mol. The molecule has 1 aliphatic rings. The van der Waals surface area contributed by atoms with Crippen LogP contribution in [0.1, 0.15) is 24.8 Å². The topological polar surface area (TPSA) is 75.2 Å². The number of likely N-dealkylation sites (N-methyl/N-ethyl adjacent to an activating group) is 1. The summed E-state index contributed by atoms with van der Waals surface area (Å²) in [6.07, 6.45) is 5.24. The van der Waals surface area contributed by atoms with Crippen molar-refractivity contribution in [3.8, 4) is 0 Å². The van der Waals surface area contributed by atoms with Crippen LogP contribution in [0.4, 0.5) is 5.82 Å². The first-order valence-electron chi connectivity index (χ1n) is 6.41. The van der Waals surface area contributed by atoms with Crippen molar-refractivity contribution in [1.29, 1.82) is 5.41 Å². The fraction of sp³-hybridized carbons (Fsp3) is 0.538. The highest BCUT2D eigenvalue weighted by Gasteiger charge is 2.19. The number of nitrogen functional groups attached to an aromatic ring is 1. The first kappa shape index (κ1) is 14.1. The zero-order chi connectivity index (χ0) is 13.8. The maximum atomic E-state index is 7.49. The van der Waals surface area contributed by atoms with Crippen molar-refractivity contribution in [2.24, 2.45) is 5.73 Å². The molecule has 1 atom stereocenters. The Labute approximate surface area is 118 Å². The molecule has 0 spiro atoms. The molecule has 1 fully saturated rings. The SMILES string of the molecule is CN(CC1CCCCO1)c1nccc(C(=N)N)c1Cl. The molecule has 2 heterocycles. The molecule has 0 aromatic carbocycles. The van der Waals surface area contributed by atoms with Gasteiger partial charge in [0.2, 0.25) is 0 Å². The van der Waals surface area contributed by atoms with Crippen LogP contribution in [-0.4, -0.2) is 37.1 Å². The van der Waals surface area contributed by atoms with Gasteiger partial charge in [-0.2, -0.15) is 0 Å². The number of pyridine rings is 1. The number of hydrogen-bond donors (Lipinski definition) is 2. The number of nitrogens with one attached hydrogen (secondary N) is 1. The van der Waals surface area contributed by atoms with Gasteiger partial charge in [-0.3, -0.25) is 5.41 Å². The van der Waals surface area contributed by atoms with Crippen molar-refractivity contribution < 1.29 is 4.74 Å². The Kier molecular flexibility index (Phi) is 4.61. The molecule has 1 saturated heterocycles. The minimum Gasteiger partial charge on any atom is -0.384 e. The normalized spacial score (nSPS) is 19.2. The Morgan fingerprint density at radius 2 is 2.42 bits per heavy atom. The maximum absolute atomic E-state index is 7.49. The number of nitrogens with zero attached hydrogens (tertiary/aromatic N) is 2. The lowest BCUT2D eigenvalue weighted by molar-refractivity contribution is 0.0215. The van der Waals surface area contributed by atoms with Gasteiger partial charge in [0.25, 0.3) is 0 Å². The molecule has 5 nitrogen and oxygen atoms in total. The number of ether oxygens (including phenoxy) is 1. The van der Waals surface area contributed by atoms with Gasteiger partial charge in [0.05, 0.1) is 11.1 Å². The third-order valence-corrected chi connectivity index (χ3v) is 3.65. The Morgan fingerprint density at radius 1 is 1.63 bits per heavy atom. The van der Waals surface area contributed by atoms with E-state index in [2.05, 4.69) is 4.98 Å². The van der Waals surface area contributed by atoms with E-state index in [9.17, 15) is 0 Å². The molecule has 1 aromatic heterocycles. The van der Waals surface area contributed by atoms with E-state index in [1.54, 1.807) is 12.3 Å². The summed E-state index contributed by atoms with van der Waals surface area (Å²) in [7, 11) is 1.93. The van der Waals surface area contributed by atoms with Crippen molar-refractivity contribution in [3.05, 3.63) is 22.8 Å². The van der Waals surface area contributed by atoms with Gasteiger partial charge >= 0.3 is 0 Å². The number of anilines is 1. The minimum atomic E-state index is -0.0454. The molecular formula is C13H19ClN4O. The predicted octanol–water partition coefficient (Wildman–Crippen LogP) is 2.02. The molecule has 1 aromatic rings. The van der Waals surface area contributed by atoms with Crippen LogP contribution in [0.25, 0.3) is 0 Å².